The number of H-pyrrole nitrogens is 1. The molecule has 2 N–H and O–H groups in total. The third kappa shape index (κ3) is 5.55. The van der Waals surface area contributed by atoms with E-state index in [2.05, 4.69) is 25.3 Å². The van der Waals surface area contributed by atoms with Crippen molar-refractivity contribution in [2.75, 3.05) is 11.9 Å². The van der Waals surface area contributed by atoms with Crippen molar-refractivity contribution in [3.63, 3.8) is 0 Å². The third-order valence-corrected chi connectivity index (χ3v) is 7.74. The van der Waals surface area contributed by atoms with Gasteiger partial charge in [-0.2, -0.15) is 0 Å². The summed E-state index contributed by atoms with van der Waals surface area (Å²) >= 11 is 12.8. The average molecular weight is 589 g/mol. The number of nitrogens with zero attached hydrogens (tertiary/aromatic N) is 4. The molecule has 1 saturated heterocycles. The molecule has 1 aliphatic rings. The van der Waals surface area contributed by atoms with Crippen LogP contribution in [0.1, 0.15) is 47.6 Å². The summed E-state index contributed by atoms with van der Waals surface area (Å²) in [6.45, 7) is 2.55. The number of aromatic nitrogens is 4. The topological polar surface area (TPSA) is 113 Å². The Morgan fingerprint density at radius 2 is 1.93 bits per heavy atom. The summed E-state index contributed by atoms with van der Waals surface area (Å²) in [5, 5.41) is 4.89. The van der Waals surface area contributed by atoms with E-state index in [4.69, 9.17) is 27.9 Å². The molecule has 9 nitrogen and oxygen atoms in total. The first-order chi connectivity index (χ1) is 19.9. The number of halogens is 2. The number of carbonyl (C=O) groups is 2. The molecule has 1 unspecified atom stereocenters. The van der Waals surface area contributed by atoms with E-state index >= 15 is 0 Å². The molecule has 0 bridgehead atoms. The number of anilines is 1. The molecule has 208 valence electrons. The summed E-state index contributed by atoms with van der Waals surface area (Å²) in [5.41, 5.74) is 3.34. The SMILES string of the molecule is C[C@@H](Nc1ncnc2cc(C(=O)N3CCCC3C(=O)OCc3ccccc3)c(Cl)cc12)c1nc2ccc(Cl)cc2[nH]1. The molecule has 0 saturated carbocycles. The number of hydrogen-bond acceptors (Lipinski definition) is 7. The maximum atomic E-state index is 13.6. The lowest BCUT2D eigenvalue weighted by atomic mass is 10.1. The summed E-state index contributed by atoms with van der Waals surface area (Å²) in [6.07, 6.45) is 2.66. The van der Waals surface area contributed by atoms with Gasteiger partial charge in [0.1, 0.15) is 30.6 Å². The molecule has 0 spiro atoms. The number of likely N-dealkylation sites (tertiary alicyclic amines) is 1. The van der Waals surface area contributed by atoms with Crippen LogP contribution in [0.25, 0.3) is 21.9 Å². The fourth-order valence-corrected chi connectivity index (χ4v) is 5.49. The highest BCUT2D eigenvalue weighted by molar-refractivity contribution is 6.35. The van der Waals surface area contributed by atoms with Crippen molar-refractivity contribution in [3.8, 4) is 0 Å². The van der Waals surface area contributed by atoms with Gasteiger partial charge in [-0.05, 0) is 55.7 Å². The number of hydrogen-bond donors (Lipinski definition) is 2. The minimum absolute atomic E-state index is 0.155. The Kier molecular flexibility index (Phi) is 7.47. The molecular weight excluding hydrogens is 563 g/mol. The molecule has 3 heterocycles. The Hall–Kier alpha value is -4.21. The van der Waals surface area contributed by atoms with Gasteiger partial charge in [-0.1, -0.05) is 53.5 Å². The predicted octanol–water partition coefficient (Wildman–Crippen LogP) is 6.33. The van der Waals surface area contributed by atoms with E-state index in [1.54, 1.807) is 18.2 Å². The van der Waals surface area contributed by atoms with Crippen LogP contribution in [0.4, 0.5) is 5.82 Å². The van der Waals surface area contributed by atoms with Crippen LogP contribution in [0.5, 0.6) is 0 Å². The van der Waals surface area contributed by atoms with Gasteiger partial charge < -0.3 is 19.9 Å². The summed E-state index contributed by atoms with van der Waals surface area (Å²) in [5.74, 6) is 0.502. The Balaban J connectivity index is 1.21. The van der Waals surface area contributed by atoms with Crippen LogP contribution < -0.4 is 5.32 Å². The number of benzene rings is 3. The van der Waals surface area contributed by atoms with E-state index in [9.17, 15) is 9.59 Å². The maximum Gasteiger partial charge on any atom is 0.329 e. The number of rotatable bonds is 7. The van der Waals surface area contributed by atoms with Gasteiger partial charge in [0.2, 0.25) is 0 Å². The predicted molar refractivity (Wildman–Crippen MR) is 158 cm³/mol. The molecule has 0 radical (unpaired) electrons. The zero-order chi connectivity index (χ0) is 28.5. The summed E-state index contributed by atoms with van der Waals surface area (Å²) in [6, 6.07) is 17.3. The highest BCUT2D eigenvalue weighted by Crippen LogP contribution is 2.31. The lowest BCUT2D eigenvalue weighted by Crippen LogP contribution is -2.41. The molecule has 3 aromatic carbocycles. The molecular formula is C30H26Cl2N6O3. The molecule has 5 aromatic rings. The molecule has 2 aromatic heterocycles. The first kappa shape index (κ1) is 27.0. The maximum absolute atomic E-state index is 13.6. The molecule has 6 rings (SSSR count). The molecule has 41 heavy (non-hydrogen) atoms. The normalized spacial score (nSPS) is 15.8. The molecule has 0 aliphatic carbocycles. The summed E-state index contributed by atoms with van der Waals surface area (Å²) in [7, 11) is 0. The van der Waals surface area contributed by atoms with Crippen molar-refractivity contribution >= 4 is 62.8 Å². The van der Waals surface area contributed by atoms with Crippen molar-refractivity contribution in [3.05, 3.63) is 94.0 Å². The van der Waals surface area contributed by atoms with Crippen LogP contribution in [0.2, 0.25) is 10.0 Å². The second-order valence-corrected chi connectivity index (χ2v) is 10.8. The highest BCUT2D eigenvalue weighted by atomic mass is 35.5. The van der Waals surface area contributed by atoms with Crippen LogP contribution in [-0.2, 0) is 16.1 Å². The fourth-order valence-electron chi connectivity index (χ4n) is 5.07. The molecule has 1 aliphatic heterocycles. The first-order valence-electron chi connectivity index (χ1n) is 13.2. The van der Waals surface area contributed by atoms with Crippen LogP contribution in [0.3, 0.4) is 0 Å². The van der Waals surface area contributed by atoms with Gasteiger partial charge in [-0.15, -0.1) is 0 Å². The molecule has 1 fully saturated rings. The Morgan fingerprint density at radius 1 is 1.10 bits per heavy atom. The number of aromatic amines is 1. The number of amides is 1. The van der Waals surface area contributed by atoms with Crippen LogP contribution in [0.15, 0.2) is 67.0 Å². The summed E-state index contributed by atoms with van der Waals surface area (Å²) < 4.78 is 5.53. The standard InChI is InChI=1S/C30H26Cl2N6O3/c1-17(27-36-23-10-9-19(31)12-25(23)37-27)35-28-21-13-22(32)20(14-24(21)33-16-34-28)29(39)38-11-5-8-26(38)30(40)41-15-18-6-3-2-4-7-18/h2-4,6-7,9-10,12-14,16-17,26H,5,8,11,15H2,1H3,(H,36,37)(H,33,34,35)/t17-,26?/m1/s1. The Bertz CT molecular complexity index is 1760. The largest absolute Gasteiger partial charge is 0.459 e. The minimum atomic E-state index is -0.667. The van der Waals surface area contributed by atoms with Crippen molar-refractivity contribution in [1.29, 1.82) is 0 Å². The number of esters is 1. The molecule has 1 amide bonds. The monoisotopic (exact) mass is 588 g/mol. The van der Waals surface area contributed by atoms with Gasteiger partial charge in [0, 0.05) is 17.0 Å². The van der Waals surface area contributed by atoms with Gasteiger partial charge in [-0.3, -0.25) is 4.79 Å². The number of imidazole rings is 1. The van der Waals surface area contributed by atoms with Crippen molar-refractivity contribution in [1.82, 2.24) is 24.8 Å². The van der Waals surface area contributed by atoms with Gasteiger partial charge in [0.25, 0.3) is 5.91 Å². The number of ether oxygens (including phenoxy) is 1. The molecule has 2 atom stereocenters. The van der Waals surface area contributed by atoms with Gasteiger partial charge in [-0.25, -0.2) is 19.7 Å². The minimum Gasteiger partial charge on any atom is -0.459 e. The number of carbonyl (C=O) groups excluding carboxylic acids is 2. The van der Waals surface area contributed by atoms with Crippen LogP contribution >= 0.6 is 23.2 Å². The lowest BCUT2D eigenvalue weighted by molar-refractivity contribution is -0.149. The third-order valence-electron chi connectivity index (χ3n) is 7.19. The van der Waals surface area contributed by atoms with Gasteiger partial charge >= 0.3 is 5.97 Å². The van der Waals surface area contributed by atoms with Crippen molar-refractivity contribution in [2.45, 2.75) is 38.5 Å². The van der Waals surface area contributed by atoms with Crippen molar-refractivity contribution in [2.24, 2.45) is 0 Å². The first-order valence-corrected chi connectivity index (χ1v) is 14.0. The second kappa shape index (κ2) is 11.3. The lowest BCUT2D eigenvalue weighted by Gasteiger charge is -2.24. The van der Waals surface area contributed by atoms with E-state index in [-0.39, 0.29) is 29.1 Å². The smallest absolute Gasteiger partial charge is 0.329 e. The van der Waals surface area contributed by atoms with Crippen LogP contribution in [-0.4, -0.2) is 49.3 Å². The zero-order valence-corrected chi connectivity index (χ0v) is 23.6. The average Bonchev–Trinajstić information content (AvgIpc) is 3.64. The number of nitrogens with one attached hydrogen (secondary N) is 2. The zero-order valence-electron chi connectivity index (χ0n) is 22.1. The van der Waals surface area contributed by atoms with E-state index in [1.165, 1.54) is 11.2 Å². The molecule has 11 heteroatoms. The van der Waals surface area contributed by atoms with Crippen molar-refractivity contribution < 1.29 is 14.3 Å². The van der Waals surface area contributed by atoms with Gasteiger partial charge in [0.05, 0.1) is 33.2 Å². The number of fused-ring (bicyclic) bond motifs is 2. The van der Waals surface area contributed by atoms with E-state index < -0.39 is 12.0 Å². The highest BCUT2D eigenvalue weighted by Gasteiger charge is 2.36. The second-order valence-electron chi connectivity index (χ2n) is 9.97. The Labute approximate surface area is 245 Å². The van der Waals surface area contributed by atoms with E-state index in [1.807, 2.05) is 49.4 Å². The van der Waals surface area contributed by atoms with Gasteiger partial charge in [0.15, 0.2) is 0 Å². The Morgan fingerprint density at radius 3 is 2.76 bits per heavy atom. The van der Waals surface area contributed by atoms with E-state index in [0.29, 0.717) is 47.0 Å². The van der Waals surface area contributed by atoms with E-state index in [0.717, 1.165) is 16.6 Å². The quantitative estimate of drug-likeness (QED) is 0.213. The summed E-state index contributed by atoms with van der Waals surface area (Å²) in [4.78, 5) is 44.8. The fraction of sp³-hybridized carbons (Fsp3) is 0.233. The van der Waals surface area contributed by atoms with Crippen LogP contribution in [0, 0.1) is 0 Å².